The van der Waals surface area contributed by atoms with Crippen LogP contribution in [0.25, 0.3) is 10.9 Å². The second-order valence-electron chi connectivity index (χ2n) is 6.72. The van der Waals surface area contributed by atoms with Gasteiger partial charge in [0.15, 0.2) is 6.10 Å². The molecular formula is C20H22N4O3S. The van der Waals surface area contributed by atoms with Crippen LogP contribution in [0.5, 0.6) is 0 Å². The molecule has 0 fully saturated rings. The van der Waals surface area contributed by atoms with Gasteiger partial charge in [-0.2, -0.15) is 0 Å². The largest absolute Gasteiger partial charge is 0.449 e. The first-order valence-electron chi connectivity index (χ1n) is 9.10. The molecule has 2 aromatic heterocycles. The lowest BCUT2D eigenvalue weighted by Crippen LogP contribution is -2.32. The Morgan fingerprint density at radius 1 is 1.21 bits per heavy atom. The van der Waals surface area contributed by atoms with E-state index in [1.165, 1.54) is 11.3 Å². The number of fused-ring (bicyclic) bond motifs is 1. The summed E-state index contributed by atoms with van der Waals surface area (Å²) in [6.45, 7) is 7.61. The summed E-state index contributed by atoms with van der Waals surface area (Å²) in [4.78, 5) is 29.8. The van der Waals surface area contributed by atoms with Gasteiger partial charge in [0, 0.05) is 17.0 Å². The lowest BCUT2D eigenvalue weighted by atomic mass is 10.1. The number of para-hydroxylation sites is 1. The Bertz CT molecular complexity index is 1020. The molecule has 7 nitrogen and oxygen atoms in total. The van der Waals surface area contributed by atoms with E-state index in [0.717, 1.165) is 5.01 Å². The molecule has 3 rings (SSSR count). The zero-order valence-corrected chi connectivity index (χ0v) is 17.0. The molecule has 0 aliphatic carbocycles. The molecule has 1 N–H and O–H groups in total. The molecule has 0 aliphatic rings. The maximum Gasteiger partial charge on any atom is 0.339 e. The van der Waals surface area contributed by atoms with Gasteiger partial charge in [0.25, 0.3) is 5.91 Å². The van der Waals surface area contributed by atoms with Crippen LogP contribution in [-0.4, -0.2) is 33.2 Å². The molecule has 0 bridgehead atoms. The van der Waals surface area contributed by atoms with Crippen molar-refractivity contribution in [3.63, 3.8) is 0 Å². The number of carbonyl (C=O) groups excluding carboxylic acids is 2. The molecule has 1 aromatic carbocycles. The minimum atomic E-state index is -0.925. The van der Waals surface area contributed by atoms with Gasteiger partial charge in [0.1, 0.15) is 5.01 Å². The van der Waals surface area contributed by atoms with Crippen LogP contribution in [0.1, 0.15) is 54.2 Å². The molecule has 8 heteroatoms. The molecule has 0 saturated heterocycles. The van der Waals surface area contributed by atoms with Crippen LogP contribution in [0.15, 0.2) is 30.3 Å². The minimum Gasteiger partial charge on any atom is -0.449 e. The average Bonchev–Trinajstić information content (AvgIpc) is 3.13. The Labute approximate surface area is 167 Å². The van der Waals surface area contributed by atoms with Crippen LogP contribution >= 0.6 is 11.3 Å². The van der Waals surface area contributed by atoms with Crippen LogP contribution < -0.4 is 5.32 Å². The lowest BCUT2D eigenvalue weighted by Gasteiger charge is -2.16. The summed E-state index contributed by atoms with van der Waals surface area (Å²) in [5.41, 5.74) is 1.81. The van der Waals surface area contributed by atoms with E-state index in [2.05, 4.69) is 20.5 Å². The normalized spacial score (nSPS) is 12.2. The van der Waals surface area contributed by atoms with Crippen LogP contribution in [0.3, 0.4) is 0 Å². The van der Waals surface area contributed by atoms with Crippen molar-refractivity contribution in [3.05, 3.63) is 46.6 Å². The molecule has 0 aliphatic heterocycles. The second kappa shape index (κ2) is 8.43. The van der Waals surface area contributed by atoms with Gasteiger partial charge in [-0.05, 0) is 25.5 Å². The van der Waals surface area contributed by atoms with E-state index in [-0.39, 0.29) is 5.92 Å². The number of nitrogens with one attached hydrogen (secondary N) is 1. The zero-order chi connectivity index (χ0) is 20.3. The maximum absolute atomic E-state index is 12.8. The number of pyridine rings is 1. The van der Waals surface area contributed by atoms with E-state index in [1.54, 1.807) is 13.0 Å². The van der Waals surface area contributed by atoms with E-state index in [4.69, 9.17) is 4.74 Å². The summed E-state index contributed by atoms with van der Waals surface area (Å²) in [7, 11) is 0. The van der Waals surface area contributed by atoms with Gasteiger partial charge in [0.2, 0.25) is 5.13 Å². The number of carbonyl (C=O) groups is 2. The van der Waals surface area contributed by atoms with Gasteiger partial charge in [-0.25, -0.2) is 4.79 Å². The third-order valence-corrected chi connectivity index (χ3v) is 5.28. The Morgan fingerprint density at radius 2 is 1.96 bits per heavy atom. The molecular weight excluding hydrogens is 376 g/mol. The molecule has 146 valence electrons. The predicted molar refractivity (Wildman–Crippen MR) is 109 cm³/mol. The summed E-state index contributed by atoms with van der Waals surface area (Å²) in [6, 6.07) is 9.02. The van der Waals surface area contributed by atoms with Crippen molar-refractivity contribution in [2.75, 3.05) is 5.32 Å². The Balaban J connectivity index is 1.77. The first-order valence-corrected chi connectivity index (χ1v) is 9.92. The molecule has 0 saturated carbocycles. The maximum atomic E-state index is 12.8. The fourth-order valence-corrected chi connectivity index (χ4v) is 3.44. The molecule has 0 spiro atoms. The smallest absolute Gasteiger partial charge is 0.339 e. The third-order valence-electron chi connectivity index (χ3n) is 4.14. The van der Waals surface area contributed by atoms with Gasteiger partial charge in [0.05, 0.1) is 11.1 Å². The highest BCUT2D eigenvalue weighted by Crippen LogP contribution is 2.23. The number of hydrogen-bond donors (Lipinski definition) is 1. The van der Waals surface area contributed by atoms with Crippen LogP contribution in [0.4, 0.5) is 5.13 Å². The fourth-order valence-electron chi connectivity index (χ4n) is 2.70. The number of amides is 1. The van der Waals surface area contributed by atoms with Crippen molar-refractivity contribution in [1.82, 2.24) is 15.2 Å². The van der Waals surface area contributed by atoms with Crippen molar-refractivity contribution in [1.29, 1.82) is 0 Å². The van der Waals surface area contributed by atoms with Crippen LogP contribution in [0, 0.1) is 6.92 Å². The number of anilines is 1. The second-order valence-corrected chi connectivity index (χ2v) is 7.73. The number of ether oxygens (including phenoxy) is 1. The quantitative estimate of drug-likeness (QED) is 0.629. The predicted octanol–water partition coefficient (Wildman–Crippen LogP) is 4.09. The first kappa shape index (κ1) is 19.9. The SMILES string of the molecule is CC[C@@H](OC(=O)c1cc(C)nc2ccccc12)C(=O)Nc1nnc(C(C)C)s1. The van der Waals surface area contributed by atoms with Crippen molar-refractivity contribution in [2.45, 2.75) is 46.1 Å². The van der Waals surface area contributed by atoms with E-state index >= 15 is 0 Å². The van der Waals surface area contributed by atoms with Gasteiger partial charge < -0.3 is 4.74 Å². The average molecular weight is 398 g/mol. The molecule has 2 heterocycles. The van der Waals surface area contributed by atoms with Crippen molar-refractivity contribution >= 4 is 39.2 Å². The Kier molecular flexibility index (Phi) is 5.99. The summed E-state index contributed by atoms with van der Waals surface area (Å²) in [6.07, 6.45) is -0.582. The number of aryl methyl sites for hydroxylation is 1. The summed E-state index contributed by atoms with van der Waals surface area (Å²) >= 11 is 1.31. The Hall–Kier alpha value is -2.87. The number of nitrogens with zero attached hydrogens (tertiary/aromatic N) is 3. The van der Waals surface area contributed by atoms with Crippen molar-refractivity contribution in [2.24, 2.45) is 0 Å². The highest BCUT2D eigenvalue weighted by molar-refractivity contribution is 7.15. The van der Waals surface area contributed by atoms with Gasteiger partial charge in [-0.3, -0.25) is 15.1 Å². The number of hydrogen-bond acceptors (Lipinski definition) is 7. The minimum absolute atomic E-state index is 0.228. The number of rotatable bonds is 6. The first-order chi connectivity index (χ1) is 13.4. The molecule has 3 aromatic rings. The van der Waals surface area contributed by atoms with Crippen molar-refractivity contribution in [3.8, 4) is 0 Å². The van der Waals surface area contributed by atoms with Crippen molar-refractivity contribution < 1.29 is 14.3 Å². The van der Waals surface area contributed by atoms with Gasteiger partial charge >= 0.3 is 5.97 Å². The highest BCUT2D eigenvalue weighted by atomic mass is 32.1. The standard InChI is InChI=1S/C20H22N4O3S/c1-5-16(17(25)22-20-24-23-18(28-20)11(2)3)27-19(26)14-10-12(4)21-15-9-7-6-8-13(14)15/h6-11,16H,5H2,1-4H3,(H,22,24,25)/t16-/m1/s1. The summed E-state index contributed by atoms with van der Waals surface area (Å²) in [5, 5.41) is 12.6. The van der Waals surface area contributed by atoms with Crippen LogP contribution in [0.2, 0.25) is 0 Å². The summed E-state index contributed by atoms with van der Waals surface area (Å²) in [5.74, 6) is -0.743. The monoisotopic (exact) mass is 398 g/mol. The van der Waals surface area contributed by atoms with E-state index < -0.39 is 18.0 Å². The zero-order valence-electron chi connectivity index (χ0n) is 16.2. The molecule has 28 heavy (non-hydrogen) atoms. The van der Waals surface area contributed by atoms with Gasteiger partial charge in [-0.1, -0.05) is 50.3 Å². The Morgan fingerprint density at radius 3 is 2.64 bits per heavy atom. The fraction of sp³-hybridized carbons (Fsp3) is 0.350. The molecule has 0 unspecified atom stereocenters. The number of benzene rings is 1. The highest BCUT2D eigenvalue weighted by Gasteiger charge is 2.24. The third kappa shape index (κ3) is 4.33. The lowest BCUT2D eigenvalue weighted by molar-refractivity contribution is -0.124. The van der Waals surface area contributed by atoms with E-state index in [0.29, 0.717) is 33.7 Å². The van der Waals surface area contributed by atoms with E-state index in [1.807, 2.05) is 45.0 Å². The molecule has 1 amide bonds. The number of esters is 1. The van der Waals surface area contributed by atoms with E-state index in [9.17, 15) is 9.59 Å². The summed E-state index contributed by atoms with van der Waals surface area (Å²) < 4.78 is 5.51. The topological polar surface area (TPSA) is 94.1 Å². The van der Waals surface area contributed by atoms with Gasteiger partial charge in [-0.15, -0.1) is 10.2 Å². The molecule has 1 atom stereocenters. The van der Waals surface area contributed by atoms with Crippen LogP contribution in [-0.2, 0) is 9.53 Å². The molecule has 0 radical (unpaired) electrons. The number of aromatic nitrogens is 3.